The number of anilines is 1. The van der Waals surface area contributed by atoms with Crippen LogP contribution in [0, 0.1) is 13.8 Å². The van der Waals surface area contributed by atoms with Gasteiger partial charge in [0.2, 0.25) is 11.8 Å². The second-order valence-electron chi connectivity index (χ2n) is 5.96. The molecule has 0 atom stereocenters. The number of ether oxygens (including phenoxy) is 1. The van der Waals surface area contributed by atoms with Gasteiger partial charge in [-0.1, -0.05) is 20.8 Å². The summed E-state index contributed by atoms with van der Waals surface area (Å²) < 4.78 is 7.52. The third kappa shape index (κ3) is 2.74. The van der Waals surface area contributed by atoms with Crippen molar-refractivity contribution >= 4 is 5.82 Å². The van der Waals surface area contributed by atoms with E-state index in [2.05, 4.69) is 15.1 Å². The highest BCUT2D eigenvalue weighted by Crippen LogP contribution is 2.29. The van der Waals surface area contributed by atoms with Crippen molar-refractivity contribution in [3.8, 4) is 11.8 Å². The van der Waals surface area contributed by atoms with E-state index in [4.69, 9.17) is 10.5 Å². The summed E-state index contributed by atoms with van der Waals surface area (Å²) in [7, 11) is 1.83. The number of aryl methyl sites for hydroxylation is 2. The second kappa shape index (κ2) is 4.77. The van der Waals surface area contributed by atoms with Crippen LogP contribution in [-0.2, 0) is 12.5 Å². The number of aromatic nitrogens is 4. The Morgan fingerprint density at radius 3 is 2.35 bits per heavy atom. The zero-order valence-electron chi connectivity index (χ0n) is 12.9. The van der Waals surface area contributed by atoms with E-state index in [9.17, 15) is 0 Å². The van der Waals surface area contributed by atoms with Crippen LogP contribution >= 0.6 is 0 Å². The van der Waals surface area contributed by atoms with E-state index in [-0.39, 0.29) is 5.41 Å². The Morgan fingerprint density at radius 2 is 1.85 bits per heavy atom. The minimum absolute atomic E-state index is 0.192. The molecule has 0 aromatic carbocycles. The Bertz CT molecular complexity index is 640. The maximum absolute atomic E-state index is 5.96. The number of nitrogens with zero attached hydrogens (tertiary/aromatic N) is 4. The summed E-state index contributed by atoms with van der Waals surface area (Å²) in [5.41, 5.74) is 7.39. The van der Waals surface area contributed by atoms with Crippen LogP contribution in [0.15, 0.2) is 6.07 Å². The first-order valence-electron chi connectivity index (χ1n) is 6.51. The number of nitrogens with two attached hydrogens (primary N) is 1. The SMILES string of the molecule is Cc1cc(Oc2nc(C(C)(C)C)nc(N)c2C)n(C)n1. The molecule has 6 nitrogen and oxygen atoms in total. The third-order valence-electron chi connectivity index (χ3n) is 2.97. The molecule has 0 bridgehead atoms. The van der Waals surface area contributed by atoms with Gasteiger partial charge in [-0.15, -0.1) is 0 Å². The smallest absolute Gasteiger partial charge is 0.229 e. The Labute approximate surface area is 119 Å². The summed E-state index contributed by atoms with van der Waals surface area (Å²) >= 11 is 0. The molecule has 108 valence electrons. The minimum Gasteiger partial charge on any atom is -0.420 e. The fourth-order valence-electron chi connectivity index (χ4n) is 1.73. The average molecular weight is 275 g/mol. The fraction of sp³-hybridized carbons (Fsp3) is 0.500. The van der Waals surface area contributed by atoms with E-state index >= 15 is 0 Å². The maximum Gasteiger partial charge on any atom is 0.229 e. The van der Waals surface area contributed by atoms with Crippen LogP contribution < -0.4 is 10.5 Å². The molecular weight excluding hydrogens is 254 g/mol. The molecule has 0 amide bonds. The summed E-state index contributed by atoms with van der Waals surface area (Å²) in [6.45, 7) is 9.87. The predicted molar refractivity (Wildman–Crippen MR) is 77.9 cm³/mol. The molecule has 0 radical (unpaired) electrons. The molecule has 0 spiro atoms. The molecule has 2 N–H and O–H groups in total. The normalized spacial score (nSPS) is 11.7. The van der Waals surface area contributed by atoms with Gasteiger partial charge >= 0.3 is 0 Å². The minimum atomic E-state index is -0.192. The van der Waals surface area contributed by atoms with Crippen LogP contribution in [-0.4, -0.2) is 19.7 Å². The molecule has 0 saturated heterocycles. The molecule has 0 aliphatic heterocycles. The highest BCUT2D eigenvalue weighted by molar-refractivity contribution is 5.46. The van der Waals surface area contributed by atoms with E-state index in [1.807, 2.05) is 47.7 Å². The third-order valence-corrected chi connectivity index (χ3v) is 2.97. The van der Waals surface area contributed by atoms with Gasteiger partial charge in [-0.2, -0.15) is 10.1 Å². The number of hydrogen-bond donors (Lipinski definition) is 1. The van der Waals surface area contributed by atoms with Crippen LogP contribution in [0.1, 0.15) is 37.9 Å². The summed E-state index contributed by atoms with van der Waals surface area (Å²) in [6, 6.07) is 1.86. The van der Waals surface area contributed by atoms with Crippen molar-refractivity contribution in [2.75, 3.05) is 5.73 Å². The first kappa shape index (κ1) is 14.3. The van der Waals surface area contributed by atoms with Crippen molar-refractivity contribution < 1.29 is 4.74 Å². The zero-order chi connectivity index (χ0) is 15.1. The Balaban J connectivity index is 2.46. The van der Waals surface area contributed by atoms with Crippen LogP contribution in [0.2, 0.25) is 0 Å². The molecule has 2 aromatic rings. The van der Waals surface area contributed by atoms with Gasteiger partial charge in [0, 0.05) is 18.5 Å². The summed E-state index contributed by atoms with van der Waals surface area (Å²) in [5, 5.41) is 4.25. The first-order valence-corrected chi connectivity index (χ1v) is 6.51. The number of hydrogen-bond acceptors (Lipinski definition) is 5. The standard InChI is InChI=1S/C14H21N5O/c1-8-7-10(19(6)18-8)20-12-9(2)11(15)16-13(17-12)14(3,4)5/h7H,1-6H3,(H2,15,16,17). The molecule has 6 heteroatoms. The fourth-order valence-corrected chi connectivity index (χ4v) is 1.73. The van der Waals surface area contributed by atoms with Crippen LogP contribution in [0.25, 0.3) is 0 Å². The maximum atomic E-state index is 5.96. The molecule has 0 saturated carbocycles. The van der Waals surface area contributed by atoms with Gasteiger partial charge in [-0.25, -0.2) is 9.67 Å². The van der Waals surface area contributed by atoms with Crippen molar-refractivity contribution in [1.29, 1.82) is 0 Å². The van der Waals surface area contributed by atoms with Crippen molar-refractivity contribution in [1.82, 2.24) is 19.7 Å². The Hall–Kier alpha value is -2.11. The van der Waals surface area contributed by atoms with Gasteiger partial charge in [-0.3, -0.25) is 0 Å². The molecule has 0 aliphatic carbocycles. The quantitative estimate of drug-likeness (QED) is 0.911. The first-order chi connectivity index (χ1) is 9.18. The number of rotatable bonds is 2. The van der Waals surface area contributed by atoms with E-state index in [0.29, 0.717) is 23.4 Å². The summed E-state index contributed by atoms with van der Waals surface area (Å²) in [6.07, 6.45) is 0. The van der Waals surface area contributed by atoms with Gasteiger partial charge in [0.05, 0.1) is 11.3 Å². The summed E-state index contributed by atoms with van der Waals surface area (Å²) in [4.78, 5) is 8.83. The highest BCUT2D eigenvalue weighted by atomic mass is 16.5. The lowest BCUT2D eigenvalue weighted by atomic mass is 9.95. The molecule has 0 unspecified atom stereocenters. The Morgan fingerprint density at radius 1 is 1.20 bits per heavy atom. The lowest BCUT2D eigenvalue weighted by Gasteiger charge is -2.19. The molecule has 0 fully saturated rings. The highest BCUT2D eigenvalue weighted by Gasteiger charge is 2.21. The van der Waals surface area contributed by atoms with Gasteiger partial charge in [0.15, 0.2) is 0 Å². The van der Waals surface area contributed by atoms with Crippen LogP contribution in [0.5, 0.6) is 11.8 Å². The lowest BCUT2D eigenvalue weighted by Crippen LogP contribution is -2.18. The van der Waals surface area contributed by atoms with Crippen molar-refractivity contribution in [3.05, 3.63) is 23.1 Å². The largest absolute Gasteiger partial charge is 0.420 e. The topological polar surface area (TPSA) is 78.9 Å². The van der Waals surface area contributed by atoms with Gasteiger partial charge in [-0.05, 0) is 13.8 Å². The molecule has 0 aliphatic rings. The van der Waals surface area contributed by atoms with E-state index in [1.165, 1.54) is 0 Å². The van der Waals surface area contributed by atoms with Crippen molar-refractivity contribution in [2.45, 2.75) is 40.0 Å². The van der Waals surface area contributed by atoms with Gasteiger partial charge < -0.3 is 10.5 Å². The molecule has 2 heterocycles. The predicted octanol–water partition coefficient (Wildman–Crippen LogP) is 2.50. The lowest BCUT2D eigenvalue weighted by molar-refractivity contribution is 0.403. The number of nitrogen functional groups attached to an aromatic ring is 1. The van der Waals surface area contributed by atoms with E-state index in [0.717, 1.165) is 11.3 Å². The van der Waals surface area contributed by atoms with Gasteiger partial charge in [0.25, 0.3) is 0 Å². The van der Waals surface area contributed by atoms with Crippen LogP contribution in [0.4, 0.5) is 5.82 Å². The monoisotopic (exact) mass is 275 g/mol. The summed E-state index contributed by atoms with van der Waals surface area (Å²) in [5.74, 6) is 2.21. The molecular formula is C14H21N5O. The van der Waals surface area contributed by atoms with E-state index < -0.39 is 0 Å². The zero-order valence-corrected chi connectivity index (χ0v) is 12.9. The van der Waals surface area contributed by atoms with Gasteiger partial charge in [0.1, 0.15) is 11.6 Å². The second-order valence-corrected chi connectivity index (χ2v) is 5.96. The van der Waals surface area contributed by atoms with Crippen molar-refractivity contribution in [2.24, 2.45) is 7.05 Å². The molecule has 2 aromatic heterocycles. The van der Waals surface area contributed by atoms with Crippen molar-refractivity contribution in [3.63, 3.8) is 0 Å². The Kier molecular flexibility index (Phi) is 3.41. The molecule has 2 rings (SSSR count). The average Bonchev–Trinajstić information content (AvgIpc) is 2.62. The molecule has 20 heavy (non-hydrogen) atoms. The van der Waals surface area contributed by atoms with E-state index in [1.54, 1.807) is 4.68 Å². The van der Waals surface area contributed by atoms with Crippen LogP contribution in [0.3, 0.4) is 0 Å².